The highest BCUT2D eigenvalue weighted by molar-refractivity contribution is 7.89. The van der Waals surface area contributed by atoms with Crippen LogP contribution in [0, 0.1) is 0 Å². The summed E-state index contributed by atoms with van der Waals surface area (Å²) >= 11 is 0. The van der Waals surface area contributed by atoms with Crippen molar-refractivity contribution in [2.75, 3.05) is 26.8 Å². The Bertz CT molecular complexity index is 912. The van der Waals surface area contributed by atoms with Gasteiger partial charge in [0, 0.05) is 38.9 Å². The molecular formula is C20H24N2O4S. The van der Waals surface area contributed by atoms with E-state index in [4.69, 9.17) is 4.74 Å². The maximum absolute atomic E-state index is 13.0. The van der Waals surface area contributed by atoms with E-state index < -0.39 is 10.0 Å². The van der Waals surface area contributed by atoms with E-state index in [1.807, 2.05) is 24.3 Å². The van der Waals surface area contributed by atoms with Gasteiger partial charge >= 0.3 is 0 Å². The number of carbonyl (C=O) groups excluding carboxylic acids is 1. The molecule has 3 rings (SSSR count). The molecule has 2 aromatic rings. The fraction of sp³-hybridized carbons (Fsp3) is 0.350. The van der Waals surface area contributed by atoms with Crippen LogP contribution < -0.4 is 5.32 Å². The van der Waals surface area contributed by atoms with E-state index >= 15 is 0 Å². The molecule has 1 heterocycles. The molecule has 1 amide bonds. The Morgan fingerprint density at radius 1 is 1.15 bits per heavy atom. The van der Waals surface area contributed by atoms with Crippen LogP contribution >= 0.6 is 0 Å². The van der Waals surface area contributed by atoms with E-state index in [1.165, 1.54) is 22.0 Å². The number of hydrogen-bond donors (Lipinski definition) is 1. The van der Waals surface area contributed by atoms with Gasteiger partial charge < -0.3 is 10.1 Å². The molecule has 1 aliphatic heterocycles. The van der Waals surface area contributed by atoms with Gasteiger partial charge in [-0.25, -0.2) is 8.42 Å². The van der Waals surface area contributed by atoms with Gasteiger partial charge in [0.25, 0.3) is 5.91 Å². The molecule has 0 aliphatic carbocycles. The summed E-state index contributed by atoms with van der Waals surface area (Å²) in [5, 5.41) is 2.78. The first kappa shape index (κ1) is 19.5. The van der Waals surface area contributed by atoms with Crippen LogP contribution in [0.3, 0.4) is 0 Å². The molecule has 0 radical (unpaired) electrons. The van der Waals surface area contributed by atoms with Gasteiger partial charge in [0.2, 0.25) is 10.0 Å². The molecule has 0 atom stereocenters. The van der Waals surface area contributed by atoms with Crippen LogP contribution in [0.25, 0.3) is 0 Å². The Balaban J connectivity index is 1.75. The van der Waals surface area contributed by atoms with Crippen LogP contribution in [-0.4, -0.2) is 45.4 Å². The van der Waals surface area contributed by atoms with Gasteiger partial charge in [-0.1, -0.05) is 30.3 Å². The van der Waals surface area contributed by atoms with Gasteiger partial charge in [-0.3, -0.25) is 4.79 Å². The number of rotatable bonds is 7. The molecule has 0 saturated heterocycles. The van der Waals surface area contributed by atoms with E-state index in [9.17, 15) is 13.2 Å². The number of nitrogens with one attached hydrogen (secondary N) is 1. The molecule has 27 heavy (non-hydrogen) atoms. The number of sulfonamides is 1. The standard InChI is InChI=1S/C20H24N2O4S/c1-26-13-5-11-21-20(23)17-8-4-9-19(14-17)27(24,25)22-12-10-16-6-2-3-7-18(16)15-22/h2-4,6-9,14H,5,10-13,15H2,1H3,(H,21,23). The van der Waals surface area contributed by atoms with E-state index in [0.717, 1.165) is 5.56 Å². The van der Waals surface area contributed by atoms with Crippen molar-refractivity contribution in [3.05, 3.63) is 65.2 Å². The van der Waals surface area contributed by atoms with Gasteiger partial charge in [-0.15, -0.1) is 0 Å². The van der Waals surface area contributed by atoms with Gasteiger partial charge in [0.15, 0.2) is 0 Å². The number of fused-ring (bicyclic) bond motifs is 1. The lowest BCUT2D eigenvalue weighted by Gasteiger charge is -2.28. The zero-order valence-corrected chi connectivity index (χ0v) is 16.2. The molecular weight excluding hydrogens is 364 g/mol. The van der Waals surface area contributed by atoms with Crippen molar-refractivity contribution in [3.63, 3.8) is 0 Å². The van der Waals surface area contributed by atoms with E-state index in [0.29, 0.717) is 44.6 Å². The molecule has 6 nitrogen and oxygen atoms in total. The molecule has 2 aromatic carbocycles. The Morgan fingerprint density at radius 3 is 2.70 bits per heavy atom. The number of ether oxygens (including phenoxy) is 1. The highest BCUT2D eigenvalue weighted by atomic mass is 32.2. The second-order valence-electron chi connectivity index (χ2n) is 6.49. The predicted octanol–water partition coefficient (Wildman–Crippen LogP) is 2.20. The zero-order chi connectivity index (χ0) is 19.3. The summed E-state index contributed by atoms with van der Waals surface area (Å²) < 4.78 is 32.5. The van der Waals surface area contributed by atoms with Gasteiger partial charge in [0.1, 0.15) is 0 Å². The fourth-order valence-corrected chi connectivity index (χ4v) is 4.61. The molecule has 0 saturated carbocycles. The number of benzene rings is 2. The lowest BCUT2D eigenvalue weighted by Crippen LogP contribution is -2.36. The van der Waals surface area contributed by atoms with Crippen LogP contribution in [-0.2, 0) is 27.7 Å². The van der Waals surface area contributed by atoms with Crippen molar-refractivity contribution < 1.29 is 17.9 Å². The average Bonchev–Trinajstić information content (AvgIpc) is 2.70. The first-order valence-electron chi connectivity index (χ1n) is 8.96. The van der Waals surface area contributed by atoms with Crippen molar-refractivity contribution in [2.45, 2.75) is 24.3 Å². The summed E-state index contributed by atoms with van der Waals surface area (Å²) in [6.45, 7) is 1.83. The summed E-state index contributed by atoms with van der Waals surface area (Å²) in [5.74, 6) is -0.285. The van der Waals surface area contributed by atoms with Crippen molar-refractivity contribution >= 4 is 15.9 Å². The van der Waals surface area contributed by atoms with Crippen LogP contribution in [0.2, 0.25) is 0 Å². The van der Waals surface area contributed by atoms with Crippen LogP contribution in [0.1, 0.15) is 27.9 Å². The molecule has 0 bridgehead atoms. The third-order valence-corrected chi connectivity index (χ3v) is 6.48. The first-order valence-corrected chi connectivity index (χ1v) is 10.4. The quantitative estimate of drug-likeness (QED) is 0.738. The molecule has 0 unspecified atom stereocenters. The zero-order valence-electron chi connectivity index (χ0n) is 15.3. The van der Waals surface area contributed by atoms with Crippen molar-refractivity contribution in [1.29, 1.82) is 0 Å². The van der Waals surface area contributed by atoms with Gasteiger partial charge in [0.05, 0.1) is 4.90 Å². The lowest BCUT2D eigenvalue weighted by atomic mass is 10.0. The molecule has 1 N–H and O–H groups in total. The largest absolute Gasteiger partial charge is 0.385 e. The number of methoxy groups -OCH3 is 1. The summed E-state index contributed by atoms with van der Waals surface area (Å²) in [5.41, 5.74) is 2.55. The molecule has 7 heteroatoms. The average molecular weight is 388 g/mol. The smallest absolute Gasteiger partial charge is 0.251 e. The normalized spacial score (nSPS) is 14.6. The third kappa shape index (κ3) is 4.55. The van der Waals surface area contributed by atoms with Crippen molar-refractivity contribution in [2.24, 2.45) is 0 Å². The maximum atomic E-state index is 13.0. The second kappa shape index (κ2) is 8.65. The molecule has 144 valence electrons. The molecule has 1 aliphatic rings. The predicted molar refractivity (Wildman–Crippen MR) is 103 cm³/mol. The van der Waals surface area contributed by atoms with Crippen LogP contribution in [0.15, 0.2) is 53.4 Å². The van der Waals surface area contributed by atoms with E-state index in [1.54, 1.807) is 19.2 Å². The van der Waals surface area contributed by atoms with E-state index in [-0.39, 0.29) is 10.8 Å². The van der Waals surface area contributed by atoms with Crippen LogP contribution in [0.5, 0.6) is 0 Å². The minimum atomic E-state index is -3.66. The first-order chi connectivity index (χ1) is 13.0. The highest BCUT2D eigenvalue weighted by Crippen LogP contribution is 2.25. The Kier molecular flexibility index (Phi) is 6.26. The summed E-state index contributed by atoms with van der Waals surface area (Å²) in [6, 6.07) is 14.1. The summed E-state index contributed by atoms with van der Waals surface area (Å²) in [7, 11) is -2.05. The minimum absolute atomic E-state index is 0.145. The maximum Gasteiger partial charge on any atom is 0.251 e. The number of carbonyl (C=O) groups is 1. The Morgan fingerprint density at radius 2 is 1.93 bits per heavy atom. The fourth-order valence-electron chi connectivity index (χ4n) is 3.14. The Labute approximate surface area is 160 Å². The number of amides is 1. The minimum Gasteiger partial charge on any atom is -0.385 e. The second-order valence-corrected chi connectivity index (χ2v) is 8.43. The topological polar surface area (TPSA) is 75.7 Å². The summed E-state index contributed by atoms with van der Waals surface area (Å²) in [4.78, 5) is 12.4. The van der Waals surface area contributed by atoms with Crippen LogP contribution in [0.4, 0.5) is 0 Å². The number of nitrogens with zero attached hydrogens (tertiary/aromatic N) is 1. The number of hydrogen-bond acceptors (Lipinski definition) is 4. The third-order valence-electron chi connectivity index (χ3n) is 4.64. The SMILES string of the molecule is COCCCNC(=O)c1cccc(S(=O)(=O)N2CCc3ccccc3C2)c1. The van der Waals surface area contributed by atoms with Crippen molar-refractivity contribution in [1.82, 2.24) is 9.62 Å². The van der Waals surface area contributed by atoms with Gasteiger partial charge in [-0.2, -0.15) is 4.31 Å². The highest BCUT2D eigenvalue weighted by Gasteiger charge is 2.28. The van der Waals surface area contributed by atoms with Crippen molar-refractivity contribution in [3.8, 4) is 0 Å². The van der Waals surface area contributed by atoms with E-state index in [2.05, 4.69) is 5.32 Å². The Hall–Kier alpha value is -2.22. The molecule has 0 aromatic heterocycles. The van der Waals surface area contributed by atoms with Gasteiger partial charge in [-0.05, 0) is 42.2 Å². The monoisotopic (exact) mass is 388 g/mol. The lowest BCUT2D eigenvalue weighted by molar-refractivity contribution is 0.0948. The molecule has 0 fully saturated rings. The summed E-state index contributed by atoms with van der Waals surface area (Å²) in [6.07, 6.45) is 1.39. The molecule has 0 spiro atoms.